The molecule has 0 N–H and O–H groups in total. The van der Waals surface area contributed by atoms with Gasteiger partial charge in [0.05, 0.1) is 58.0 Å². The van der Waals surface area contributed by atoms with Crippen LogP contribution in [0.3, 0.4) is 0 Å². The Balaban J connectivity index is 1.49. The fourth-order valence-electron chi connectivity index (χ4n) is 6.83. The second-order valence-corrected chi connectivity index (χ2v) is 13.6. The minimum absolute atomic E-state index is 0.0206. The minimum Gasteiger partial charge on any atom is -0.490 e. The lowest BCUT2D eigenvalue weighted by Crippen LogP contribution is -2.40. The van der Waals surface area contributed by atoms with Crippen molar-refractivity contribution >= 4 is 29.1 Å². The summed E-state index contributed by atoms with van der Waals surface area (Å²) in [4.78, 5) is 44.7. The third-order valence-electron chi connectivity index (χ3n) is 9.15. The van der Waals surface area contributed by atoms with E-state index in [9.17, 15) is 19.7 Å². The average Bonchev–Trinajstić information content (AvgIpc) is 3.72. The molecule has 0 amide bonds. The van der Waals surface area contributed by atoms with Gasteiger partial charge in [-0.1, -0.05) is 78.1 Å². The fourth-order valence-corrected chi connectivity index (χ4v) is 7.87. The molecule has 11 nitrogen and oxygen atoms in total. The lowest BCUT2D eigenvalue weighted by Gasteiger charge is -2.25. The Bertz CT molecular complexity index is 2610. The van der Waals surface area contributed by atoms with E-state index in [1.54, 1.807) is 42.7 Å². The van der Waals surface area contributed by atoms with E-state index < -0.39 is 16.9 Å². The molecule has 0 saturated carbocycles. The highest BCUT2D eigenvalue weighted by Crippen LogP contribution is 2.38. The smallest absolute Gasteiger partial charge is 0.338 e. The van der Waals surface area contributed by atoms with Crippen molar-refractivity contribution in [1.82, 2.24) is 9.13 Å². The monoisotopic (exact) mass is 754 g/mol. The number of nitro benzene ring substituents is 1. The van der Waals surface area contributed by atoms with Gasteiger partial charge in [-0.15, -0.1) is 0 Å². The van der Waals surface area contributed by atoms with Crippen molar-refractivity contribution in [1.29, 1.82) is 0 Å². The molecule has 12 heteroatoms. The Morgan fingerprint density at radius 1 is 0.855 bits per heavy atom. The van der Waals surface area contributed by atoms with Gasteiger partial charge in [0.2, 0.25) is 0 Å². The summed E-state index contributed by atoms with van der Waals surface area (Å²) in [5.74, 6) is 0.489. The molecule has 0 fully saturated rings. The average molecular weight is 755 g/mol. The van der Waals surface area contributed by atoms with E-state index in [-0.39, 0.29) is 23.4 Å². The number of hydrogen-bond acceptors (Lipinski definition) is 9. The summed E-state index contributed by atoms with van der Waals surface area (Å²) in [6, 6.07) is 32.6. The summed E-state index contributed by atoms with van der Waals surface area (Å²) in [6.45, 7) is 8.22. The Labute approximate surface area is 320 Å². The zero-order chi connectivity index (χ0) is 38.6. The Kier molecular flexibility index (Phi) is 10.6. The van der Waals surface area contributed by atoms with Crippen LogP contribution in [0, 0.1) is 10.1 Å². The summed E-state index contributed by atoms with van der Waals surface area (Å²) in [5, 5.41) is 11.6. The van der Waals surface area contributed by atoms with Crippen LogP contribution in [-0.4, -0.2) is 39.8 Å². The number of benzene rings is 4. The molecule has 0 unspecified atom stereocenters. The van der Waals surface area contributed by atoms with Crippen molar-refractivity contribution in [2.45, 2.75) is 33.7 Å². The van der Waals surface area contributed by atoms with Crippen LogP contribution in [0.5, 0.6) is 11.5 Å². The number of ether oxygens (including phenoxy) is 3. The fraction of sp³-hybridized carbons (Fsp3) is 0.186. The van der Waals surface area contributed by atoms with E-state index in [0.29, 0.717) is 51.0 Å². The van der Waals surface area contributed by atoms with Crippen molar-refractivity contribution in [2.24, 2.45) is 4.99 Å². The molecule has 0 spiro atoms. The van der Waals surface area contributed by atoms with Crippen molar-refractivity contribution in [3.05, 3.63) is 161 Å². The molecular weight excluding hydrogens is 717 g/mol. The van der Waals surface area contributed by atoms with Crippen LogP contribution in [0.2, 0.25) is 0 Å². The predicted molar refractivity (Wildman–Crippen MR) is 212 cm³/mol. The first-order valence-electron chi connectivity index (χ1n) is 17.9. The predicted octanol–water partition coefficient (Wildman–Crippen LogP) is 7.63. The molecule has 3 heterocycles. The second-order valence-electron chi connectivity index (χ2n) is 12.5. The van der Waals surface area contributed by atoms with Gasteiger partial charge in [0.25, 0.3) is 11.2 Å². The van der Waals surface area contributed by atoms with Gasteiger partial charge in [0.1, 0.15) is 0 Å². The summed E-state index contributed by atoms with van der Waals surface area (Å²) >= 11 is 1.23. The molecule has 0 bridgehead atoms. The summed E-state index contributed by atoms with van der Waals surface area (Å²) in [5.41, 5.74) is 5.83. The highest BCUT2D eigenvalue weighted by atomic mass is 32.1. The molecule has 0 radical (unpaired) electrons. The van der Waals surface area contributed by atoms with Crippen molar-refractivity contribution in [3.8, 4) is 39.7 Å². The van der Waals surface area contributed by atoms with Crippen LogP contribution in [-0.2, 0) is 9.53 Å². The molecule has 1 aliphatic rings. The van der Waals surface area contributed by atoms with Crippen LogP contribution in [0.25, 0.3) is 34.3 Å². The van der Waals surface area contributed by atoms with Gasteiger partial charge in [-0.2, -0.15) is 0 Å². The number of esters is 1. The molecule has 2 aromatic heterocycles. The Morgan fingerprint density at radius 2 is 1.51 bits per heavy atom. The normalized spacial score (nSPS) is 14.0. The van der Waals surface area contributed by atoms with Crippen LogP contribution in [0.15, 0.2) is 130 Å². The van der Waals surface area contributed by atoms with Crippen LogP contribution in [0.4, 0.5) is 5.69 Å². The SMILES string of the molecule is CCOC(=O)C1=C(C)N=c2s/c(=C\c3cc(-c4ccccc4)n(-c4ccc([N+](=O)[O-])cc4)c3-c3ccccc3)c(=O)n2[C@@H]1c1ccc(OCC)c(OCC)c1. The van der Waals surface area contributed by atoms with Crippen LogP contribution >= 0.6 is 11.3 Å². The first-order chi connectivity index (χ1) is 26.7. The molecule has 0 aliphatic carbocycles. The largest absolute Gasteiger partial charge is 0.490 e. The summed E-state index contributed by atoms with van der Waals surface area (Å²) in [6.07, 6.45) is 1.85. The van der Waals surface area contributed by atoms with Crippen molar-refractivity contribution in [2.75, 3.05) is 19.8 Å². The number of nitrogens with zero attached hydrogens (tertiary/aromatic N) is 4. The van der Waals surface area contributed by atoms with Gasteiger partial charge < -0.3 is 18.8 Å². The first kappa shape index (κ1) is 36.8. The van der Waals surface area contributed by atoms with Crippen molar-refractivity contribution in [3.63, 3.8) is 0 Å². The number of aromatic nitrogens is 2. The Morgan fingerprint density at radius 3 is 2.15 bits per heavy atom. The van der Waals surface area contributed by atoms with Crippen molar-refractivity contribution < 1.29 is 23.9 Å². The topological polar surface area (TPSA) is 127 Å². The number of fused-ring (bicyclic) bond motifs is 1. The van der Waals surface area contributed by atoms with Crippen LogP contribution < -0.4 is 24.4 Å². The molecule has 6 aromatic rings. The van der Waals surface area contributed by atoms with Gasteiger partial charge >= 0.3 is 5.97 Å². The molecule has 1 atom stereocenters. The Hall–Kier alpha value is -6.53. The third-order valence-corrected chi connectivity index (χ3v) is 10.1. The molecular formula is C43H38N4O7S. The van der Waals surface area contributed by atoms with E-state index in [4.69, 9.17) is 19.2 Å². The number of rotatable bonds is 12. The summed E-state index contributed by atoms with van der Waals surface area (Å²) < 4.78 is 21.3. The highest BCUT2D eigenvalue weighted by molar-refractivity contribution is 7.07. The highest BCUT2D eigenvalue weighted by Gasteiger charge is 2.34. The number of thiazole rings is 1. The molecule has 1 aliphatic heterocycles. The lowest BCUT2D eigenvalue weighted by molar-refractivity contribution is -0.384. The minimum atomic E-state index is -0.856. The number of hydrogen-bond donors (Lipinski definition) is 0. The van der Waals surface area contributed by atoms with Gasteiger partial charge in [-0.3, -0.25) is 19.5 Å². The van der Waals surface area contributed by atoms with Gasteiger partial charge in [0, 0.05) is 23.4 Å². The maximum atomic E-state index is 14.8. The van der Waals surface area contributed by atoms with E-state index in [1.807, 2.05) is 92.7 Å². The molecule has 7 rings (SSSR count). The standard InChI is InChI=1S/C43H38N4O7S/c1-5-52-35-23-18-30(25-36(35)53-6-2)40-38(42(49)54-7-3)27(4)44-43-46(40)41(48)37(55-43)26-31-24-34(28-14-10-8-11-15-28)45(39(31)29-16-12-9-13-17-29)32-19-21-33(22-20-32)47(50)51/h8-26,40H,5-7H2,1-4H3/b37-26-/t40-/m1/s1. The molecule has 0 saturated heterocycles. The molecule has 4 aromatic carbocycles. The quantitative estimate of drug-likeness (QED) is 0.0715. The van der Waals surface area contributed by atoms with E-state index in [0.717, 1.165) is 28.1 Å². The maximum absolute atomic E-state index is 14.8. The molecule has 278 valence electrons. The zero-order valence-corrected chi connectivity index (χ0v) is 31.5. The maximum Gasteiger partial charge on any atom is 0.338 e. The number of non-ortho nitro benzene ring substituents is 1. The lowest BCUT2D eigenvalue weighted by atomic mass is 9.95. The van der Waals surface area contributed by atoms with E-state index in [2.05, 4.69) is 4.57 Å². The van der Waals surface area contributed by atoms with Gasteiger partial charge in [0.15, 0.2) is 16.3 Å². The number of allylic oxidation sites excluding steroid dienone is 1. The van der Waals surface area contributed by atoms with E-state index in [1.165, 1.54) is 23.5 Å². The third kappa shape index (κ3) is 7.11. The van der Waals surface area contributed by atoms with E-state index >= 15 is 0 Å². The van der Waals surface area contributed by atoms with Gasteiger partial charge in [-0.25, -0.2) is 9.79 Å². The number of carbonyl (C=O) groups excluding carboxylic acids is 1. The van der Waals surface area contributed by atoms with Gasteiger partial charge in [-0.05, 0) is 80.8 Å². The zero-order valence-electron chi connectivity index (χ0n) is 30.7. The summed E-state index contributed by atoms with van der Waals surface area (Å²) in [7, 11) is 0. The number of nitro groups is 1. The second kappa shape index (κ2) is 15.8. The van der Waals surface area contributed by atoms with Crippen LogP contribution in [0.1, 0.15) is 44.9 Å². The first-order valence-corrected chi connectivity index (χ1v) is 18.8. The number of carbonyl (C=O) groups is 1. The molecule has 55 heavy (non-hydrogen) atoms.